The molecule has 2 rings (SSSR count). The van der Waals surface area contributed by atoms with Gasteiger partial charge in [-0.2, -0.15) is 0 Å². The molecule has 0 radical (unpaired) electrons. The Morgan fingerprint density at radius 2 is 1.85 bits per heavy atom. The van der Waals surface area contributed by atoms with Crippen LogP contribution in [0.4, 0.5) is 0 Å². The maximum absolute atomic E-state index is 5.96. The van der Waals surface area contributed by atoms with Crippen LogP contribution in [0.25, 0.3) is 0 Å². The van der Waals surface area contributed by atoms with E-state index in [0.717, 1.165) is 32.5 Å². The predicted molar refractivity (Wildman–Crippen MR) is 83.4 cm³/mol. The molecule has 0 amide bonds. The first-order valence-corrected chi connectivity index (χ1v) is 8.57. The molecule has 3 heteroatoms. The normalized spacial score (nSPS) is 25.1. The molecule has 3 nitrogen and oxygen atoms in total. The van der Waals surface area contributed by atoms with Crippen molar-refractivity contribution in [2.75, 3.05) is 13.2 Å². The molecular weight excluding hydrogens is 250 g/mol. The molecule has 1 unspecified atom stereocenters. The standard InChI is InChI=1S/C17H31NO2/c1-3-4-5-6-7-11-17(19-13-14-20-17)12-10-16-9-8-15(2)18-16/h15H,3-14H2,1-2H3. The van der Waals surface area contributed by atoms with E-state index < -0.39 is 0 Å². The van der Waals surface area contributed by atoms with Gasteiger partial charge in [-0.3, -0.25) is 4.99 Å². The average Bonchev–Trinajstić information content (AvgIpc) is 3.06. The van der Waals surface area contributed by atoms with E-state index in [9.17, 15) is 0 Å². The highest BCUT2D eigenvalue weighted by molar-refractivity contribution is 5.86. The van der Waals surface area contributed by atoms with Gasteiger partial charge in [-0.05, 0) is 32.6 Å². The summed E-state index contributed by atoms with van der Waals surface area (Å²) in [4.78, 5) is 4.71. The molecule has 0 aliphatic carbocycles. The Bertz CT molecular complexity index is 308. The molecule has 0 saturated carbocycles. The zero-order valence-electron chi connectivity index (χ0n) is 13.3. The summed E-state index contributed by atoms with van der Waals surface area (Å²) < 4.78 is 11.9. The smallest absolute Gasteiger partial charge is 0.168 e. The third kappa shape index (κ3) is 4.85. The summed E-state index contributed by atoms with van der Waals surface area (Å²) in [5.41, 5.74) is 1.38. The number of aliphatic imine (C=N–C) groups is 1. The summed E-state index contributed by atoms with van der Waals surface area (Å²) in [5, 5.41) is 0. The summed E-state index contributed by atoms with van der Waals surface area (Å²) >= 11 is 0. The van der Waals surface area contributed by atoms with E-state index in [4.69, 9.17) is 14.5 Å². The molecule has 116 valence electrons. The Labute approximate surface area is 124 Å². The van der Waals surface area contributed by atoms with Crippen LogP contribution in [0, 0.1) is 0 Å². The van der Waals surface area contributed by atoms with Gasteiger partial charge in [-0.25, -0.2) is 0 Å². The van der Waals surface area contributed by atoms with Gasteiger partial charge in [-0.1, -0.05) is 32.6 Å². The third-order valence-corrected chi connectivity index (χ3v) is 4.52. The fraction of sp³-hybridized carbons (Fsp3) is 0.941. The van der Waals surface area contributed by atoms with Gasteiger partial charge in [-0.15, -0.1) is 0 Å². The molecular formula is C17H31NO2. The third-order valence-electron chi connectivity index (χ3n) is 4.52. The Morgan fingerprint density at radius 1 is 1.10 bits per heavy atom. The minimum Gasteiger partial charge on any atom is -0.348 e. The molecule has 1 atom stereocenters. The first-order valence-electron chi connectivity index (χ1n) is 8.57. The Kier molecular flexibility index (Phi) is 6.50. The highest BCUT2D eigenvalue weighted by Crippen LogP contribution is 2.32. The van der Waals surface area contributed by atoms with Crippen molar-refractivity contribution in [3.05, 3.63) is 0 Å². The summed E-state index contributed by atoms with van der Waals surface area (Å²) in [6, 6.07) is 0.528. The topological polar surface area (TPSA) is 30.8 Å². The van der Waals surface area contributed by atoms with E-state index in [-0.39, 0.29) is 5.79 Å². The molecule has 1 fully saturated rings. The lowest BCUT2D eigenvalue weighted by Crippen LogP contribution is -2.30. The fourth-order valence-electron chi connectivity index (χ4n) is 3.25. The highest BCUT2D eigenvalue weighted by atomic mass is 16.7. The fourth-order valence-corrected chi connectivity index (χ4v) is 3.25. The van der Waals surface area contributed by atoms with Gasteiger partial charge in [0.2, 0.25) is 0 Å². The molecule has 2 aliphatic heterocycles. The van der Waals surface area contributed by atoms with Crippen LogP contribution in [0.15, 0.2) is 4.99 Å². The van der Waals surface area contributed by atoms with Gasteiger partial charge in [0.05, 0.1) is 13.2 Å². The van der Waals surface area contributed by atoms with Crippen molar-refractivity contribution in [2.45, 2.75) is 89.9 Å². The summed E-state index contributed by atoms with van der Waals surface area (Å²) in [6.45, 7) is 5.99. The second-order valence-corrected chi connectivity index (χ2v) is 6.35. The number of unbranched alkanes of at least 4 members (excludes halogenated alkanes) is 4. The lowest BCUT2D eigenvalue weighted by Gasteiger charge is -2.27. The molecule has 2 heterocycles. The van der Waals surface area contributed by atoms with Crippen LogP contribution in [0.5, 0.6) is 0 Å². The van der Waals surface area contributed by atoms with E-state index in [0.29, 0.717) is 6.04 Å². The largest absolute Gasteiger partial charge is 0.348 e. The minimum absolute atomic E-state index is 0.291. The first kappa shape index (κ1) is 16.0. The molecule has 2 aliphatic rings. The van der Waals surface area contributed by atoms with Crippen LogP contribution >= 0.6 is 0 Å². The Hall–Kier alpha value is -0.410. The van der Waals surface area contributed by atoms with Gasteiger partial charge in [0, 0.05) is 24.6 Å². The lowest BCUT2D eigenvalue weighted by atomic mass is 9.99. The average molecular weight is 281 g/mol. The monoisotopic (exact) mass is 281 g/mol. The maximum atomic E-state index is 5.96. The van der Waals surface area contributed by atoms with Crippen molar-refractivity contribution in [3.8, 4) is 0 Å². The van der Waals surface area contributed by atoms with Gasteiger partial charge in [0.15, 0.2) is 5.79 Å². The second-order valence-electron chi connectivity index (χ2n) is 6.35. The van der Waals surface area contributed by atoms with E-state index in [2.05, 4.69) is 13.8 Å². The second kappa shape index (κ2) is 8.14. The number of ether oxygens (including phenoxy) is 2. The zero-order valence-corrected chi connectivity index (χ0v) is 13.3. The Balaban J connectivity index is 1.72. The van der Waals surface area contributed by atoms with Gasteiger partial charge >= 0.3 is 0 Å². The Morgan fingerprint density at radius 3 is 2.50 bits per heavy atom. The number of rotatable bonds is 9. The van der Waals surface area contributed by atoms with E-state index in [1.165, 1.54) is 50.7 Å². The molecule has 0 N–H and O–H groups in total. The van der Waals surface area contributed by atoms with Crippen LogP contribution in [0.2, 0.25) is 0 Å². The van der Waals surface area contributed by atoms with E-state index >= 15 is 0 Å². The van der Waals surface area contributed by atoms with E-state index in [1.807, 2.05) is 0 Å². The quantitative estimate of drug-likeness (QED) is 0.583. The van der Waals surface area contributed by atoms with Crippen molar-refractivity contribution in [3.63, 3.8) is 0 Å². The van der Waals surface area contributed by atoms with Crippen LogP contribution in [0.1, 0.15) is 78.1 Å². The zero-order chi connectivity index (χ0) is 14.3. The molecule has 0 aromatic heterocycles. The first-order chi connectivity index (χ1) is 9.74. The highest BCUT2D eigenvalue weighted by Gasteiger charge is 2.36. The summed E-state index contributed by atoms with van der Waals surface area (Å²) in [6.07, 6.45) is 12.0. The lowest BCUT2D eigenvalue weighted by molar-refractivity contribution is -0.166. The van der Waals surface area contributed by atoms with Crippen molar-refractivity contribution in [2.24, 2.45) is 4.99 Å². The molecule has 0 aromatic rings. The minimum atomic E-state index is -0.291. The summed E-state index contributed by atoms with van der Waals surface area (Å²) in [5.74, 6) is -0.291. The SMILES string of the molecule is CCCCCCCC1(CCC2=NC(C)CC2)OCCO1. The van der Waals surface area contributed by atoms with Crippen LogP contribution in [0.3, 0.4) is 0 Å². The van der Waals surface area contributed by atoms with Crippen LogP contribution < -0.4 is 0 Å². The molecule has 20 heavy (non-hydrogen) atoms. The van der Waals surface area contributed by atoms with Crippen molar-refractivity contribution < 1.29 is 9.47 Å². The van der Waals surface area contributed by atoms with Gasteiger partial charge < -0.3 is 9.47 Å². The molecule has 1 saturated heterocycles. The number of hydrogen-bond donors (Lipinski definition) is 0. The molecule has 0 spiro atoms. The van der Waals surface area contributed by atoms with Crippen molar-refractivity contribution in [1.82, 2.24) is 0 Å². The van der Waals surface area contributed by atoms with Gasteiger partial charge in [0.1, 0.15) is 0 Å². The molecule has 0 aromatic carbocycles. The number of hydrogen-bond acceptors (Lipinski definition) is 3. The van der Waals surface area contributed by atoms with Crippen LogP contribution in [-0.2, 0) is 9.47 Å². The predicted octanol–water partition coefficient (Wildman–Crippen LogP) is 4.49. The van der Waals surface area contributed by atoms with E-state index in [1.54, 1.807) is 0 Å². The maximum Gasteiger partial charge on any atom is 0.168 e. The summed E-state index contributed by atoms with van der Waals surface area (Å²) in [7, 11) is 0. The van der Waals surface area contributed by atoms with Crippen molar-refractivity contribution in [1.29, 1.82) is 0 Å². The number of nitrogens with zero attached hydrogens (tertiary/aromatic N) is 1. The van der Waals surface area contributed by atoms with Crippen LogP contribution in [-0.4, -0.2) is 30.8 Å². The van der Waals surface area contributed by atoms with Gasteiger partial charge in [0.25, 0.3) is 0 Å². The molecule has 0 bridgehead atoms. The van der Waals surface area contributed by atoms with Crippen molar-refractivity contribution >= 4 is 5.71 Å².